The first kappa shape index (κ1) is 12.3. The van der Waals surface area contributed by atoms with Gasteiger partial charge in [-0.05, 0) is 46.7 Å². The Bertz CT molecular complexity index is 608. The average molecular weight is 265 g/mol. The van der Waals surface area contributed by atoms with Crippen LogP contribution in [-0.2, 0) is 4.79 Å². The van der Waals surface area contributed by atoms with E-state index >= 15 is 0 Å². The fraction of sp³-hybridized carbons (Fsp3) is 0.0909. The Kier molecular flexibility index (Phi) is 3.38. The van der Waals surface area contributed by atoms with E-state index in [2.05, 4.69) is 20.6 Å². The highest BCUT2D eigenvalue weighted by Crippen LogP contribution is 2.28. The van der Waals surface area contributed by atoms with Gasteiger partial charge in [0.05, 0.1) is 0 Å². The maximum absolute atomic E-state index is 10.7. The first-order chi connectivity index (χ1) is 8.58. The lowest BCUT2D eigenvalue weighted by Gasteiger charge is -2.07. The van der Waals surface area contributed by atoms with E-state index in [0.717, 1.165) is 6.08 Å². The van der Waals surface area contributed by atoms with Gasteiger partial charge in [-0.25, -0.2) is 9.89 Å². The molecule has 1 aromatic carbocycles. The van der Waals surface area contributed by atoms with Gasteiger partial charge in [0.1, 0.15) is 0 Å². The van der Waals surface area contributed by atoms with Crippen LogP contribution in [0.5, 0.6) is 0 Å². The van der Waals surface area contributed by atoms with Crippen molar-refractivity contribution in [1.29, 1.82) is 0 Å². The molecule has 1 heterocycles. The Hall–Kier alpha value is -2.21. The topological polar surface area (TPSA) is 91.8 Å². The molecule has 2 aromatic rings. The molecule has 18 heavy (non-hydrogen) atoms. The summed E-state index contributed by atoms with van der Waals surface area (Å²) in [5.41, 5.74) is 1.93. The van der Waals surface area contributed by atoms with Crippen molar-refractivity contribution < 1.29 is 9.90 Å². The standard InChI is InChI=1S/C11H9ClN4O2/c1-6(4-10(17)18)9-5-7(12)2-3-8(9)11-13-15-16-14-11/h2-5H,1H3,(H,17,18)(H,13,14,15,16)/b6-4-. The number of carboxylic acids is 1. The minimum Gasteiger partial charge on any atom is -0.478 e. The summed E-state index contributed by atoms with van der Waals surface area (Å²) < 4.78 is 0. The summed E-state index contributed by atoms with van der Waals surface area (Å²) in [7, 11) is 0. The molecule has 0 radical (unpaired) electrons. The van der Waals surface area contributed by atoms with E-state index in [-0.39, 0.29) is 0 Å². The summed E-state index contributed by atoms with van der Waals surface area (Å²) in [5, 5.41) is 22.7. The second-order valence-electron chi connectivity index (χ2n) is 3.61. The van der Waals surface area contributed by atoms with Gasteiger partial charge < -0.3 is 5.11 Å². The fourth-order valence-electron chi connectivity index (χ4n) is 1.59. The first-order valence-corrected chi connectivity index (χ1v) is 5.41. The molecule has 0 bridgehead atoms. The number of benzene rings is 1. The molecular weight excluding hydrogens is 256 g/mol. The molecule has 0 atom stereocenters. The van der Waals surface area contributed by atoms with Gasteiger partial charge in [0.2, 0.25) is 0 Å². The van der Waals surface area contributed by atoms with Crippen LogP contribution in [0.1, 0.15) is 12.5 Å². The van der Waals surface area contributed by atoms with Gasteiger partial charge in [-0.3, -0.25) is 0 Å². The van der Waals surface area contributed by atoms with Crippen LogP contribution in [0.15, 0.2) is 24.3 Å². The molecule has 2 rings (SSSR count). The van der Waals surface area contributed by atoms with E-state index in [1.807, 2.05) is 0 Å². The van der Waals surface area contributed by atoms with Crippen LogP contribution < -0.4 is 0 Å². The molecule has 0 unspecified atom stereocenters. The lowest BCUT2D eigenvalue weighted by molar-refractivity contribution is -0.131. The molecule has 0 saturated heterocycles. The molecule has 0 aliphatic carbocycles. The third-order valence-electron chi connectivity index (χ3n) is 2.35. The Morgan fingerprint density at radius 1 is 1.50 bits per heavy atom. The SMILES string of the molecule is C/C(=C/C(=O)O)c1cc(Cl)ccc1-c1nnn[nH]1. The van der Waals surface area contributed by atoms with Crippen molar-refractivity contribution in [3.8, 4) is 11.4 Å². The second-order valence-corrected chi connectivity index (χ2v) is 4.04. The van der Waals surface area contributed by atoms with E-state index in [1.165, 1.54) is 0 Å². The van der Waals surface area contributed by atoms with Crippen molar-refractivity contribution in [2.75, 3.05) is 0 Å². The number of hydrogen-bond donors (Lipinski definition) is 2. The quantitative estimate of drug-likeness (QED) is 0.828. The third-order valence-corrected chi connectivity index (χ3v) is 2.58. The molecule has 92 valence electrons. The molecule has 1 aromatic heterocycles. The molecule has 0 aliphatic heterocycles. The summed E-state index contributed by atoms with van der Waals surface area (Å²) in [6.07, 6.45) is 1.11. The number of H-pyrrole nitrogens is 1. The van der Waals surface area contributed by atoms with Gasteiger partial charge in [-0.15, -0.1) is 5.10 Å². The molecular formula is C11H9ClN4O2. The first-order valence-electron chi connectivity index (χ1n) is 5.03. The number of nitrogens with zero attached hydrogens (tertiary/aromatic N) is 3. The maximum Gasteiger partial charge on any atom is 0.328 e. The van der Waals surface area contributed by atoms with E-state index in [0.29, 0.717) is 27.5 Å². The highest BCUT2D eigenvalue weighted by molar-refractivity contribution is 6.30. The number of aliphatic carboxylic acids is 1. The number of hydrogen-bond acceptors (Lipinski definition) is 4. The predicted octanol–water partition coefficient (Wildman–Crippen LogP) is 2.01. The zero-order valence-electron chi connectivity index (χ0n) is 9.38. The van der Waals surface area contributed by atoms with Crippen molar-refractivity contribution >= 4 is 23.1 Å². The molecule has 0 aliphatic rings. The number of carbonyl (C=O) groups is 1. The number of rotatable bonds is 3. The van der Waals surface area contributed by atoms with Crippen molar-refractivity contribution in [2.24, 2.45) is 0 Å². The number of aromatic nitrogens is 4. The smallest absolute Gasteiger partial charge is 0.328 e. The zero-order chi connectivity index (χ0) is 13.1. The van der Waals surface area contributed by atoms with Crippen molar-refractivity contribution in [3.63, 3.8) is 0 Å². The summed E-state index contributed by atoms with van der Waals surface area (Å²) in [5.74, 6) is -0.561. The van der Waals surface area contributed by atoms with Crippen molar-refractivity contribution in [3.05, 3.63) is 34.9 Å². The van der Waals surface area contributed by atoms with Crippen LogP contribution in [0.3, 0.4) is 0 Å². The summed E-state index contributed by atoms with van der Waals surface area (Å²) >= 11 is 5.92. The number of nitrogens with one attached hydrogen (secondary N) is 1. The maximum atomic E-state index is 10.7. The number of carboxylic acid groups (broad SMARTS) is 1. The normalized spacial score (nSPS) is 11.6. The van der Waals surface area contributed by atoms with Gasteiger partial charge in [-0.2, -0.15) is 0 Å². The number of allylic oxidation sites excluding steroid dienone is 1. The van der Waals surface area contributed by atoms with Crippen LogP contribution >= 0.6 is 11.6 Å². The molecule has 2 N–H and O–H groups in total. The molecule has 0 fully saturated rings. The predicted molar refractivity (Wildman–Crippen MR) is 65.9 cm³/mol. The Balaban J connectivity index is 2.58. The van der Waals surface area contributed by atoms with Crippen molar-refractivity contribution in [2.45, 2.75) is 6.92 Å². The van der Waals surface area contributed by atoms with E-state index in [9.17, 15) is 4.79 Å². The number of tetrazole rings is 1. The van der Waals surface area contributed by atoms with Gasteiger partial charge in [-0.1, -0.05) is 11.6 Å². The Morgan fingerprint density at radius 2 is 2.28 bits per heavy atom. The Morgan fingerprint density at radius 3 is 2.89 bits per heavy atom. The minimum absolute atomic E-state index is 0.458. The lowest BCUT2D eigenvalue weighted by Crippen LogP contribution is -1.94. The van der Waals surface area contributed by atoms with Gasteiger partial charge in [0.25, 0.3) is 0 Å². The van der Waals surface area contributed by atoms with Gasteiger partial charge in [0, 0.05) is 16.7 Å². The average Bonchev–Trinajstić information content (AvgIpc) is 2.81. The summed E-state index contributed by atoms with van der Waals surface area (Å²) in [4.78, 5) is 10.7. The van der Waals surface area contributed by atoms with Crippen LogP contribution in [0.2, 0.25) is 5.02 Å². The van der Waals surface area contributed by atoms with Gasteiger partial charge in [0.15, 0.2) is 5.82 Å². The molecule has 0 saturated carbocycles. The van der Waals surface area contributed by atoms with Crippen LogP contribution in [0.25, 0.3) is 17.0 Å². The van der Waals surface area contributed by atoms with E-state index < -0.39 is 5.97 Å². The second kappa shape index (κ2) is 4.97. The summed E-state index contributed by atoms with van der Waals surface area (Å²) in [6.45, 7) is 1.69. The number of halogens is 1. The van der Waals surface area contributed by atoms with E-state index in [4.69, 9.17) is 16.7 Å². The highest BCUT2D eigenvalue weighted by Gasteiger charge is 2.11. The molecule has 0 amide bonds. The lowest BCUT2D eigenvalue weighted by atomic mass is 10.00. The zero-order valence-corrected chi connectivity index (χ0v) is 10.1. The minimum atomic E-state index is -1.02. The monoisotopic (exact) mass is 264 g/mol. The molecule has 6 nitrogen and oxygen atoms in total. The van der Waals surface area contributed by atoms with Gasteiger partial charge >= 0.3 is 5.97 Å². The van der Waals surface area contributed by atoms with Crippen LogP contribution in [0, 0.1) is 0 Å². The highest BCUT2D eigenvalue weighted by atomic mass is 35.5. The Labute approximate surface area is 107 Å². The fourth-order valence-corrected chi connectivity index (χ4v) is 1.76. The third kappa shape index (κ3) is 2.54. The molecule has 0 spiro atoms. The van der Waals surface area contributed by atoms with Crippen LogP contribution in [-0.4, -0.2) is 31.7 Å². The largest absolute Gasteiger partial charge is 0.478 e. The van der Waals surface area contributed by atoms with Crippen molar-refractivity contribution in [1.82, 2.24) is 20.6 Å². The summed E-state index contributed by atoms with van der Waals surface area (Å²) in [6, 6.07) is 5.10. The number of aromatic amines is 1. The molecule has 7 heteroatoms. The van der Waals surface area contributed by atoms with E-state index in [1.54, 1.807) is 25.1 Å². The van der Waals surface area contributed by atoms with Crippen LogP contribution in [0.4, 0.5) is 0 Å².